The summed E-state index contributed by atoms with van der Waals surface area (Å²) in [4.78, 5) is 14.1. The van der Waals surface area contributed by atoms with Crippen LogP contribution in [0.2, 0.25) is 0 Å². The highest BCUT2D eigenvalue weighted by molar-refractivity contribution is 5.76. The lowest BCUT2D eigenvalue weighted by molar-refractivity contribution is -0.137. The first kappa shape index (κ1) is 25.7. The van der Waals surface area contributed by atoms with Crippen LogP contribution in [-0.4, -0.2) is 51.9 Å². The molecule has 11 heteroatoms. The normalized spacial score (nSPS) is 22.2. The zero-order valence-electron chi connectivity index (χ0n) is 21.2. The van der Waals surface area contributed by atoms with Gasteiger partial charge < -0.3 is 20.7 Å². The lowest BCUT2D eigenvalue weighted by Crippen LogP contribution is -2.41. The molecule has 1 aliphatic heterocycles. The molecule has 1 saturated heterocycles. The number of rotatable bonds is 7. The Kier molecular flexibility index (Phi) is 7.26. The fourth-order valence-electron chi connectivity index (χ4n) is 5.40. The minimum absolute atomic E-state index is 0.132. The highest BCUT2D eigenvalue weighted by Crippen LogP contribution is 2.38. The number of anilines is 3. The Hall–Kier alpha value is -2.92. The molecule has 0 spiro atoms. The van der Waals surface area contributed by atoms with E-state index in [1.807, 2.05) is 7.05 Å². The summed E-state index contributed by atoms with van der Waals surface area (Å²) < 4.78 is 47.5. The van der Waals surface area contributed by atoms with Crippen LogP contribution < -0.4 is 16.0 Å². The SMILES string of the molecule is CNC[C@H]1CC[C@H](n2c(Nc3cccc(C(F)(F)F)c3)nc3cnc(NC4(C)CCOCC4)nc32)CC1. The van der Waals surface area contributed by atoms with Gasteiger partial charge in [0.15, 0.2) is 5.65 Å². The molecule has 2 fully saturated rings. The predicted molar refractivity (Wildman–Crippen MR) is 137 cm³/mol. The predicted octanol–water partition coefficient (Wildman–Crippen LogP) is 5.52. The van der Waals surface area contributed by atoms with Gasteiger partial charge in [-0.05, 0) is 83.2 Å². The molecule has 0 amide bonds. The Bertz CT molecular complexity index is 1210. The molecule has 1 aliphatic carbocycles. The summed E-state index contributed by atoms with van der Waals surface area (Å²) in [5.41, 5.74) is 0.746. The number of ether oxygens (including phenoxy) is 1. The third-order valence-corrected chi connectivity index (χ3v) is 7.56. The van der Waals surface area contributed by atoms with Crippen molar-refractivity contribution >= 4 is 28.7 Å². The van der Waals surface area contributed by atoms with Crippen LogP contribution in [-0.2, 0) is 10.9 Å². The summed E-state index contributed by atoms with van der Waals surface area (Å²) in [5.74, 6) is 1.61. The van der Waals surface area contributed by atoms with Crippen molar-refractivity contribution in [2.24, 2.45) is 5.92 Å². The second kappa shape index (κ2) is 10.4. The molecule has 1 saturated carbocycles. The van der Waals surface area contributed by atoms with E-state index in [2.05, 4.69) is 32.4 Å². The monoisotopic (exact) mass is 517 g/mol. The molecular formula is C26H34F3N7O. The Morgan fingerprint density at radius 3 is 2.57 bits per heavy atom. The fraction of sp³-hybridized carbons (Fsp3) is 0.577. The summed E-state index contributed by atoms with van der Waals surface area (Å²) in [7, 11) is 1.97. The van der Waals surface area contributed by atoms with Crippen LogP contribution in [0.4, 0.5) is 30.8 Å². The van der Waals surface area contributed by atoms with Crippen molar-refractivity contribution in [1.82, 2.24) is 24.8 Å². The van der Waals surface area contributed by atoms with E-state index in [4.69, 9.17) is 14.7 Å². The summed E-state index contributed by atoms with van der Waals surface area (Å²) in [6, 6.07) is 5.33. The topological polar surface area (TPSA) is 88.9 Å². The lowest BCUT2D eigenvalue weighted by Gasteiger charge is -2.34. The number of fused-ring (bicyclic) bond motifs is 1. The summed E-state index contributed by atoms with van der Waals surface area (Å²) in [5, 5.41) is 9.91. The molecule has 2 aromatic heterocycles. The molecule has 3 heterocycles. The fourth-order valence-corrected chi connectivity index (χ4v) is 5.40. The molecule has 37 heavy (non-hydrogen) atoms. The molecular weight excluding hydrogens is 483 g/mol. The summed E-state index contributed by atoms with van der Waals surface area (Å²) in [6.07, 6.45) is 2.97. The third kappa shape index (κ3) is 5.82. The summed E-state index contributed by atoms with van der Waals surface area (Å²) in [6.45, 7) is 4.49. The van der Waals surface area contributed by atoms with Crippen molar-refractivity contribution in [2.75, 3.05) is 37.4 Å². The van der Waals surface area contributed by atoms with Gasteiger partial charge in [0.1, 0.15) is 5.52 Å². The molecule has 8 nitrogen and oxygen atoms in total. The van der Waals surface area contributed by atoms with Gasteiger partial charge in [0.2, 0.25) is 11.9 Å². The second-order valence-electron chi connectivity index (χ2n) is 10.4. The average molecular weight is 518 g/mol. The van der Waals surface area contributed by atoms with Crippen LogP contribution in [0.3, 0.4) is 0 Å². The van der Waals surface area contributed by atoms with E-state index in [0.717, 1.165) is 57.2 Å². The lowest BCUT2D eigenvalue weighted by atomic mass is 9.86. The number of benzene rings is 1. The van der Waals surface area contributed by atoms with Crippen molar-refractivity contribution in [3.05, 3.63) is 36.0 Å². The maximum Gasteiger partial charge on any atom is 0.416 e. The number of imidazole rings is 1. The minimum Gasteiger partial charge on any atom is -0.381 e. The van der Waals surface area contributed by atoms with E-state index in [0.29, 0.717) is 47.9 Å². The molecule has 0 unspecified atom stereocenters. The molecule has 0 atom stereocenters. The van der Waals surface area contributed by atoms with Crippen molar-refractivity contribution in [1.29, 1.82) is 0 Å². The first-order valence-corrected chi connectivity index (χ1v) is 12.9. The van der Waals surface area contributed by atoms with Crippen LogP contribution in [0.1, 0.15) is 57.1 Å². The van der Waals surface area contributed by atoms with Gasteiger partial charge in [-0.2, -0.15) is 18.2 Å². The molecule has 200 valence electrons. The van der Waals surface area contributed by atoms with Crippen LogP contribution in [0, 0.1) is 5.92 Å². The second-order valence-corrected chi connectivity index (χ2v) is 10.4. The van der Waals surface area contributed by atoms with Crippen LogP contribution in [0.25, 0.3) is 11.2 Å². The van der Waals surface area contributed by atoms with E-state index >= 15 is 0 Å². The molecule has 3 aromatic rings. The van der Waals surface area contributed by atoms with E-state index in [1.165, 1.54) is 6.07 Å². The van der Waals surface area contributed by atoms with Crippen molar-refractivity contribution < 1.29 is 17.9 Å². The van der Waals surface area contributed by atoms with Crippen molar-refractivity contribution in [3.8, 4) is 0 Å². The van der Waals surface area contributed by atoms with Gasteiger partial charge in [-0.1, -0.05) is 6.07 Å². The van der Waals surface area contributed by atoms with Gasteiger partial charge >= 0.3 is 6.18 Å². The van der Waals surface area contributed by atoms with E-state index in [1.54, 1.807) is 12.3 Å². The molecule has 3 N–H and O–H groups in total. The van der Waals surface area contributed by atoms with Gasteiger partial charge in [0.05, 0.1) is 11.8 Å². The average Bonchev–Trinajstić information content (AvgIpc) is 3.21. The zero-order chi connectivity index (χ0) is 26.0. The highest BCUT2D eigenvalue weighted by Gasteiger charge is 2.32. The van der Waals surface area contributed by atoms with Gasteiger partial charge in [0.25, 0.3) is 0 Å². The van der Waals surface area contributed by atoms with Gasteiger partial charge in [0, 0.05) is 30.5 Å². The minimum atomic E-state index is -4.42. The quantitative estimate of drug-likeness (QED) is 0.380. The van der Waals surface area contributed by atoms with Crippen molar-refractivity contribution in [3.63, 3.8) is 0 Å². The smallest absolute Gasteiger partial charge is 0.381 e. The molecule has 0 radical (unpaired) electrons. The maximum absolute atomic E-state index is 13.3. The number of hydrogen-bond acceptors (Lipinski definition) is 7. The number of aromatic nitrogens is 4. The Morgan fingerprint density at radius 2 is 1.86 bits per heavy atom. The molecule has 2 aliphatic rings. The largest absolute Gasteiger partial charge is 0.416 e. The molecule has 0 bridgehead atoms. The zero-order valence-corrected chi connectivity index (χ0v) is 21.2. The number of nitrogens with one attached hydrogen (secondary N) is 3. The van der Waals surface area contributed by atoms with Gasteiger partial charge in [-0.3, -0.25) is 4.57 Å². The van der Waals surface area contributed by atoms with Gasteiger partial charge in [-0.25, -0.2) is 9.97 Å². The van der Waals surface area contributed by atoms with E-state index < -0.39 is 11.7 Å². The highest BCUT2D eigenvalue weighted by atomic mass is 19.4. The first-order valence-electron chi connectivity index (χ1n) is 12.9. The first-order chi connectivity index (χ1) is 17.7. The Morgan fingerprint density at radius 1 is 1.11 bits per heavy atom. The number of nitrogens with zero attached hydrogens (tertiary/aromatic N) is 4. The standard InChI is InChI=1S/C26H34F3N7O/c1-25(10-12-37-13-11-25)35-23-31-16-21-22(34-23)36(20-8-6-17(7-9-20)15-30-2)24(33-21)32-19-5-3-4-18(14-19)26(27,28)29/h3-5,14,16-17,20,30H,6-13,15H2,1-2H3,(H,32,33)(H,31,34,35)/t17-,20-. The van der Waals surface area contributed by atoms with Crippen LogP contribution in [0.15, 0.2) is 30.5 Å². The van der Waals surface area contributed by atoms with E-state index in [-0.39, 0.29) is 11.6 Å². The number of hydrogen-bond donors (Lipinski definition) is 3. The molecule has 5 rings (SSSR count). The Balaban J connectivity index is 1.50. The summed E-state index contributed by atoms with van der Waals surface area (Å²) >= 11 is 0. The van der Waals surface area contributed by atoms with E-state index in [9.17, 15) is 13.2 Å². The number of halogens is 3. The Labute approximate surface area is 214 Å². The third-order valence-electron chi connectivity index (χ3n) is 7.56. The van der Waals surface area contributed by atoms with Gasteiger partial charge in [-0.15, -0.1) is 0 Å². The molecule has 1 aromatic carbocycles. The van der Waals surface area contributed by atoms with Crippen molar-refractivity contribution in [2.45, 2.75) is 63.2 Å². The number of alkyl halides is 3. The van der Waals surface area contributed by atoms with Crippen LogP contribution in [0.5, 0.6) is 0 Å². The van der Waals surface area contributed by atoms with Crippen LogP contribution >= 0.6 is 0 Å². The maximum atomic E-state index is 13.3.